The Hall–Kier alpha value is -0.770. The summed E-state index contributed by atoms with van der Waals surface area (Å²) in [6.45, 7) is 8.55. The molecule has 4 heteroatoms. The third-order valence-corrected chi connectivity index (χ3v) is 2.91. The van der Waals surface area contributed by atoms with E-state index in [0.29, 0.717) is 6.04 Å². The fraction of sp³-hybridized carbons (Fsp3) is 0.917. The first kappa shape index (κ1) is 13.3. The van der Waals surface area contributed by atoms with Crippen LogP contribution in [0.15, 0.2) is 0 Å². The largest absolute Gasteiger partial charge is 0.444 e. The molecule has 16 heavy (non-hydrogen) atoms. The molecule has 0 aromatic rings. The van der Waals surface area contributed by atoms with E-state index >= 15 is 0 Å². The molecule has 0 saturated carbocycles. The number of likely N-dealkylation sites (tertiary alicyclic amines) is 1. The topological polar surface area (TPSA) is 41.6 Å². The Balaban J connectivity index is 2.52. The molecule has 1 heterocycles. The molecule has 0 spiro atoms. The first-order valence-corrected chi connectivity index (χ1v) is 6.00. The molecule has 1 saturated heterocycles. The van der Waals surface area contributed by atoms with E-state index in [0.717, 1.165) is 19.4 Å². The second-order valence-electron chi connectivity index (χ2n) is 5.53. The number of ether oxygens (including phenoxy) is 1. The highest BCUT2D eigenvalue weighted by molar-refractivity contribution is 5.68. The average Bonchev–Trinajstić information content (AvgIpc) is 2.14. The molecular weight excluding hydrogens is 204 g/mol. The van der Waals surface area contributed by atoms with Gasteiger partial charge in [-0.05, 0) is 47.6 Å². The van der Waals surface area contributed by atoms with Crippen LogP contribution in [-0.2, 0) is 4.74 Å². The second kappa shape index (κ2) is 5.04. The number of nitrogens with one attached hydrogen (secondary N) is 1. The fourth-order valence-electron chi connectivity index (χ4n) is 2.03. The summed E-state index contributed by atoms with van der Waals surface area (Å²) in [4.78, 5) is 13.7. The van der Waals surface area contributed by atoms with Crippen molar-refractivity contribution in [1.29, 1.82) is 0 Å². The number of amides is 1. The second-order valence-corrected chi connectivity index (χ2v) is 5.53. The molecule has 0 unspecified atom stereocenters. The number of piperidine rings is 1. The summed E-state index contributed by atoms with van der Waals surface area (Å²) >= 11 is 0. The van der Waals surface area contributed by atoms with Crippen molar-refractivity contribution < 1.29 is 9.53 Å². The predicted molar refractivity (Wildman–Crippen MR) is 64.5 cm³/mol. The first-order valence-electron chi connectivity index (χ1n) is 6.00. The van der Waals surface area contributed by atoms with E-state index in [1.807, 2.05) is 32.7 Å². The van der Waals surface area contributed by atoms with Gasteiger partial charge in [0.25, 0.3) is 0 Å². The molecule has 4 nitrogen and oxygen atoms in total. The van der Waals surface area contributed by atoms with E-state index in [2.05, 4.69) is 12.2 Å². The molecule has 0 aromatic carbocycles. The van der Waals surface area contributed by atoms with E-state index in [1.54, 1.807) is 0 Å². The van der Waals surface area contributed by atoms with Crippen molar-refractivity contribution in [1.82, 2.24) is 10.2 Å². The van der Waals surface area contributed by atoms with E-state index in [9.17, 15) is 4.79 Å². The molecular formula is C12H24N2O2. The van der Waals surface area contributed by atoms with Crippen LogP contribution >= 0.6 is 0 Å². The Labute approximate surface area is 98.3 Å². The highest BCUT2D eigenvalue weighted by atomic mass is 16.6. The van der Waals surface area contributed by atoms with Crippen LogP contribution in [0.25, 0.3) is 0 Å². The molecule has 2 atom stereocenters. The maximum atomic E-state index is 11.9. The van der Waals surface area contributed by atoms with Gasteiger partial charge in [0, 0.05) is 18.6 Å². The van der Waals surface area contributed by atoms with Crippen LogP contribution in [0.4, 0.5) is 4.79 Å². The minimum atomic E-state index is -0.406. The average molecular weight is 228 g/mol. The minimum absolute atomic E-state index is 0.186. The van der Waals surface area contributed by atoms with Crippen LogP contribution in [0, 0.1) is 0 Å². The van der Waals surface area contributed by atoms with Gasteiger partial charge in [0.05, 0.1) is 0 Å². The summed E-state index contributed by atoms with van der Waals surface area (Å²) in [5.41, 5.74) is -0.406. The van der Waals surface area contributed by atoms with Gasteiger partial charge in [-0.25, -0.2) is 4.79 Å². The van der Waals surface area contributed by atoms with Crippen molar-refractivity contribution in [2.24, 2.45) is 0 Å². The standard InChI is InChI=1S/C12H24N2O2/c1-9-8-10(13-5)6-7-14(9)11(15)16-12(2,3)4/h9-10,13H,6-8H2,1-5H3/t9-,10-/m1/s1. The Bertz CT molecular complexity index is 248. The zero-order valence-electron chi connectivity index (χ0n) is 11.0. The minimum Gasteiger partial charge on any atom is -0.444 e. The van der Waals surface area contributed by atoms with Gasteiger partial charge in [-0.15, -0.1) is 0 Å². The zero-order valence-corrected chi connectivity index (χ0v) is 11.0. The number of rotatable bonds is 1. The van der Waals surface area contributed by atoms with E-state index in [-0.39, 0.29) is 12.1 Å². The van der Waals surface area contributed by atoms with Crippen LogP contribution < -0.4 is 5.32 Å². The summed E-state index contributed by atoms with van der Waals surface area (Å²) in [6.07, 6.45) is 1.81. The third kappa shape index (κ3) is 3.67. The van der Waals surface area contributed by atoms with Crippen LogP contribution in [0.1, 0.15) is 40.5 Å². The van der Waals surface area contributed by atoms with Crippen LogP contribution in [0.5, 0.6) is 0 Å². The van der Waals surface area contributed by atoms with E-state index in [4.69, 9.17) is 4.74 Å². The molecule has 1 amide bonds. The van der Waals surface area contributed by atoms with Gasteiger partial charge in [0.2, 0.25) is 0 Å². The van der Waals surface area contributed by atoms with Crippen molar-refractivity contribution in [3.63, 3.8) is 0 Å². The summed E-state index contributed by atoms with van der Waals surface area (Å²) in [5.74, 6) is 0. The Morgan fingerprint density at radius 2 is 2.06 bits per heavy atom. The molecule has 0 aliphatic carbocycles. The molecule has 1 rings (SSSR count). The Morgan fingerprint density at radius 1 is 1.44 bits per heavy atom. The monoisotopic (exact) mass is 228 g/mol. The third-order valence-electron chi connectivity index (χ3n) is 2.91. The number of nitrogens with zero attached hydrogens (tertiary/aromatic N) is 1. The highest BCUT2D eigenvalue weighted by Crippen LogP contribution is 2.20. The highest BCUT2D eigenvalue weighted by Gasteiger charge is 2.30. The lowest BCUT2D eigenvalue weighted by molar-refractivity contribution is 0.00965. The summed E-state index contributed by atoms with van der Waals surface area (Å²) in [5, 5.41) is 3.26. The predicted octanol–water partition coefficient (Wildman–Crippen LogP) is 1.99. The molecule has 1 aliphatic heterocycles. The smallest absolute Gasteiger partial charge is 0.410 e. The van der Waals surface area contributed by atoms with Crippen LogP contribution in [0.2, 0.25) is 0 Å². The van der Waals surface area contributed by atoms with Gasteiger partial charge >= 0.3 is 6.09 Å². The maximum Gasteiger partial charge on any atom is 0.410 e. The lowest BCUT2D eigenvalue weighted by atomic mass is 9.99. The van der Waals surface area contributed by atoms with Crippen LogP contribution in [0.3, 0.4) is 0 Å². The summed E-state index contributed by atoms with van der Waals surface area (Å²) < 4.78 is 5.38. The molecule has 94 valence electrons. The van der Waals surface area contributed by atoms with Gasteiger partial charge in [-0.3, -0.25) is 0 Å². The van der Waals surface area contributed by atoms with E-state index in [1.165, 1.54) is 0 Å². The fourth-order valence-corrected chi connectivity index (χ4v) is 2.03. The van der Waals surface area contributed by atoms with Crippen molar-refractivity contribution in [2.75, 3.05) is 13.6 Å². The van der Waals surface area contributed by atoms with Crippen LogP contribution in [-0.4, -0.2) is 42.3 Å². The molecule has 0 aromatic heterocycles. The van der Waals surface area contributed by atoms with Gasteiger partial charge < -0.3 is 15.0 Å². The molecule has 0 bridgehead atoms. The Morgan fingerprint density at radius 3 is 2.50 bits per heavy atom. The number of hydrogen-bond donors (Lipinski definition) is 1. The van der Waals surface area contributed by atoms with Gasteiger partial charge in [-0.2, -0.15) is 0 Å². The zero-order chi connectivity index (χ0) is 12.3. The van der Waals surface area contributed by atoms with Crippen molar-refractivity contribution in [3.8, 4) is 0 Å². The summed E-state index contributed by atoms with van der Waals surface area (Å²) in [7, 11) is 1.97. The van der Waals surface area contributed by atoms with Crippen molar-refractivity contribution in [2.45, 2.75) is 58.2 Å². The maximum absolute atomic E-state index is 11.9. The van der Waals surface area contributed by atoms with E-state index < -0.39 is 5.60 Å². The SMILES string of the molecule is CN[C@@H]1CCN(C(=O)OC(C)(C)C)[C@H](C)C1. The Kier molecular flexibility index (Phi) is 4.19. The van der Waals surface area contributed by atoms with Crippen molar-refractivity contribution in [3.05, 3.63) is 0 Å². The number of hydrogen-bond acceptors (Lipinski definition) is 3. The lowest BCUT2D eigenvalue weighted by Crippen LogP contribution is -2.50. The molecule has 1 N–H and O–H groups in total. The quantitative estimate of drug-likeness (QED) is 0.746. The van der Waals surface area contributed by atoms with Gasteiger partial charge in [-0.1, -0.05) is 0 Å². The molecule has 1 aliphatic rings. The normalized spacial score (nSPS) is 26.7. The summed E-state index contributed by atoms with van der Waals surface area (Å²) in [6, 6.07) is 0.773. The van der Waals surface area contributed by atoms with Crippen molar-refractivity contribution >= 4 is 6.09 Å². The van der Waals surface area contributed by atoms with Gasteiger partial charge in [0.1, 0.15) is 5.60 Å². The number of carbonyl (C=O) groups excluding carboxylic acids is 1. The first-order chi connectivity index (χ1) is 7.33. The molecule has 1 fully saturated rings. The van der Waals surface area contributed by atoms with Gasteiger partial charge in [0.15, 0.2) is 0 Å². The molecule has 0 radical (unpaired) electrons. The number of carbonyl (C=O) groups is 1. The lowest BCUT2D eigenvalue weighted by Gasteiger charge is -2.38.